The highest BCUT2D eigenvalue weighted by atomic mass is 16.3. The molecule has 0 rings (SSSR count). The predicted octanol–water partition coefficient (Wildman–Crippen LogP) is 5.00. The molecule has 2 N–H and O–H groups in total. The van der Waals surface area contributed by atoms with Crippen molar-refractivity contribution in [2.24, 2.45) is 0 Å². The van der Waals surface area contributed by atoms with Crippen LogP contribution in [-0.4, -0.2) is 17.4 Å². The van der Waals surface area contributed by atoms with Gasteiger partial charge >= 0.3 is 0 Å². The second kappa shape index (κ2) is 14.3. The quantitative estimate of drug-likeness (QED) is 0.344. The van der Waals surface area contributed by atoms with Crippen LogP contribution >= 0.6 is 0 Å². The van der Waals surface area contributed by atoms with E-state index in [1.54, 1.807) is 0 Å². The van der Waals surface area contributed by atoms with Crippen LogP contribution in [0.5, 0.6) is 0 Å². The molecule has 0 fully saturated rings. The Morgan fingerprint density at radius 2 is 1.26 bits per heavy atom. The molecule has 0 heterocycles. The van der Waals surface area contributed by atoms with Crippen LogP contribution in [0.25, 0.3) is 0 Å². The van der Waals surface area contributed by atoms with Gasteiger partial charge in [-0.3, -0.25) is 5.32 Å². The Morgan fingerprint density at radius 1 is 0.737 bits per heavy atom. The van der Waals surface area contributed by atoms with Crippen molar-refractivity contribution in [2.75, 3.05) is 0 Å². The molecular weight excluding hydrogens is 234 g/mol. The van der Waals surface area contributed by atoms with Crippen LogP contribution < -0.4 is 5.32 Å². The van der Waals surface area contributed by atoms with Gasteiger partial charge in [0.25, 0.3) is 0 Å². The summed E-state index contributed by atoms with van der Waals surface area (Å²) >= 11 is 0. The van der Waals surface area contributed by atoms with E-state index in [-0.39, 0.29) is 6.23 Å². The molecule has 0 saturated heterocycles. The number of unbranched alkanes of at least 4 members (excludes halogenated alkanes) is 7. The zero-order valence-electron chi connectivity index (χ0n) is 13.6. The minimum atomic E-state index is -0.295. The second-order valence-electron chi connectivity index (χ2n) is 5.84. The van der Waals surface area contributed by atoms with Crippen LogP contribution in [0, 0.1) is 0 Å². The number of hydrogen-bond donors (Lipinski definition) is 2. The molecule has 2 atom stereocenters. The van der Waals surface area contributed by atoms with Gasteiger partial charge in [-0.1, -0.05) is 72.1 Å². The molecule has 0 saturated carbocycles. The van der Waals surface area contributed by atoms with Crippen molar-refractivity contribution in [3.63, 3.8) is 0 Å². The Hall–Kier alpha value is -0.0800. The first-order chi connectivity index (χ1) is 9.24. The van der Waals surface area contributed by atoms with E-state index in [9.17, 15) is 5.11 Å². The van der Waals surface area contributed by atoms with Crippen molar-refractivity contribution in [2.45, 2.75) is 110 Å². The van der Waals surface area contributed by atoms with Gasteiger partial charge in [-0.15, -0.1) is 0 Å². The number of aliphatic hydroxyl groups excluding tert-OH is 1. The van der Waals surface area contributed by atoms with Crippen LogP contribution in [-0.2, 0) is 0 Å². The van der Waals surface area contributed by atoms with E-state index in [2.05, 4.69) is 26.1 Å². The van der Waals surface area contributed by atoms with Crippen molar-refractivity contribution < 1.29 is 5.11 Å². The maximum absolute atomic E-state index is 9.94. The van der Waals surface area contributed by atoms with Crippen LogP contribution in [0.3, 0.4) is 0 Å². The van der Waals surface area contributed by atoms with Crippen LogP contribution in [0.1, 0.15) is 97.8 Å². The van der Waals surface area contributed by atoms with Gasteiger partial charge in [0.2, 0.25) is 0 Å². The van der Waals surface area contributed by atoms with Crippen molar-refractivity contribution in [3.05, 3.63) is 0 Å². The van der Waals surface area contributed by atoms with E-state index in [1.807, 2.05) is 0 Å². The molecule has 19 heavy (non-hydrogen) atoms. The standard InChI is InChI=1S/C17H37NO/c1-4-7-9-10-11-13-14-16(6-3)18-17(19)15-12-8-5-2/h16-19H,4-15H2,1-3H3. The molecule has 0 aromatic rings. The van der Waals surface area contributed by atoms with Crippen molar-refractivity contribution >= 4 is 0 Å². The Labute approximate surface area is 121 Å². The normalized spacial score (nSPS) is 14.5. The average Bonchev–Trinajstić information content (AvgIpc) is 2.41. The number of rotatable bonds is 14. The molecule has 0 radical (unpaired) electrons. The largest absolute Gasteiger partial charge is 0.379 e. The zero-order chi connectivity index (χ0) is 14.3. The second-order valence-corrected chi connectivity index (χ2v) is 5.84. The minimum absolute atomic E-state index is 0.295. The highest BCUT2D eigenvalue weighted by molar-refractivity contribution is 4.67. The summed E-state index contributed by atoms with van der Waals surface area (Å²) < 4.78 is 0. The highest BCUT2D eigenvalue weighted by Gasteiger charge is 2.10. The lowest BCUT2D eigenvalue weighted by Gasteiger charge is -2.21. The molecule has 2 unspecified atom stereocenters. The van der Waals surface area contributed by atoms with Crippen LogP contribution in [0.2, 0.25) is 0 Å². The Bertz CT molecular complexity index is 173. The van der Waals surface area contributed by atoms with Crippen molar-refractivity contribution in [1.29, 1.82) is 0 Å². The fraction of sp³-hybridized carbons (Fsp3) is 1.00. The van der Waals surface area contributed by atoms with Crippen LogP contribution in [0.15, 0.2) is 0 Å². The van der Waals surface area contributed by atoms with Gasteiger partial charge in [-0.25, -0.2) is 0 Å². The summed E-state index contributed by atoms with van der Waals surface area (Å²) in [6, 6.07) is 0.503. The molecule has 0 bridgehead atoms. The summed E-state index contributed by atoms with van der Waals surface area (Å²) in [6.07, 6.45) is 14.7. The van der Waals surface area contributed by atoms with E-state index in [0.717, 1.165) is 19.3 Å². The first-order valence-electron chi connectivity index (χ1n) is 8.68. The molecule has 116 valence electrons. The van der Waals surface area contributed by atoms with Gasteiger partial charge < -0.3 is 5.11 Å². The topological polar surface area (TPSA) is 32.3 Å². The number of nitrogens with one attached hydrogen (secondary N) is 1. The molecule has 0 aliphatic heterocycles. The van der Waals surface area contributed by atoms with E-state index in [1.165, 1.54) is 57.8 Å². The molecule has 2 nitrogen and oxygen atoms in total. The van der Waals surface area contributed by atoms with E-state index < -0.39 is 0 Å². The molecule has 0 aliphatic rings. The van der Waals surface area contributed by atoms with Crippen molar-refractivity contribution in [1.82, 2.24) is 5.32 Å². The highest BCUT2D eigenvalue weighted by Crippen LogP contribution is 2.11. The fourth-order valence-electron chi connectivity index (χ4n) is 2.52. The van der Waals surface area contributed by atoms with E-state index >= 15 is 0 Å². The summed E-state index contributed by atoms with van der Waals surface area (Å²) in [6.45, 7) is 6.68. The van der Waals surface area contributed by atoms with E-state index in [0.29, 0.717) is 6.04 Å². The summed E-state index contributed by atoms with van der Waals surface area (Å²) in [7, 11) is 0. The first kappa shape index (κ1) is 18.9. The molecule has 0 aliphatic carbocycles. The van der Waals surface area contributed by atoms with Gasteiger partial charge in [0.05, 0.1) is 0 Å². The minimum Gasteiger partial charge on any atom is -0.379 e. The molecule has 0 spiro atoms. The van der Waals surface area contributed by atoms with Gasteiger partial charge in [-0.2, -0.15) is 0 Å². The third-order valence-electron chi connectivity index (χ3n) is 3.91. The zero-order valence-corrected chi connectivity index (χ0v) is 13.6. The number of hydrogen-bond acceptors (Lipinski definition) is 2. The van der Waals surface area contributed by atoms with Gasteiger partial charge in [0, 0.05) is 6.04 Å². The monoisotopic (exact) mass is 271 g/mol. The maximum Gasteiger partial charge on any atom is 0.105 e. The average molecular weight is 271 g/mol. The lowest BCUT2D eigenvalue weighted by molar-refractivity contribution is 0.107. The van der Waals surface area contributed by atoms with Gasteiger partial charge in [0.15, 0.2) is 0 Å². The summed E-state index contributed by atoms with van der Waals surface area (Å²) in [5.74, 6) is 0. The molecular formula is C17H37NO. The Kier molecular flexibility index (Phi) is 14.3. The molecule has 0 aromatic carbocycles. The Morgan fingerprint density at radius 3 is 1.89 bits per heavy atom. The first-order valence-corrected chi connectivity index (χ1v) is 8.68. The predicted molar refractivity (Wildman–Crippen MR) is 85.4 cm³/mol. The van der Waals surface area contributed by atoms with Crippen LogP contribution in [0.4, 0.5) is 0 Å². The molecule has 2 heteroatoms. The maximum atomic E-state index is 9.94. The third-order valence-corrected chi connectivity index (χ3v) is 3.91. The lowest BCUT2D eigenvalue weighted by atomic mass is 10.0. The summed E-state index contributed by atoms with van der Waals surface area (Å²) in [4.78, 5) is 0. The summed E-state index contributed by atoms with van der Waals surface area (Å²) in [5.41, 5.74) is 0. The fourth-order valence-corrected chi connectivity index (χ4v) is 2.52. The SMILES string of the molecule is CCCCCCCCC(CC)NC(O)CCCCC. The van der Waals surface area contributed by atoms with Gasteiger partial charge in [-0.05, 0) is 25.7 Å². The lowest BCUT2D eigenvalue weighted by Crippen LogP contribution is -2.37. The van der Waals surface area contributed by atoms with Gasteiger partial charge in [0.1, 0.15) is 6.23 Å². The number of aliphatic hydroxyl groups is 1. The third kappa shape index (κ3) is 12.7. The van der Waals surface area contributed by atoms with Crippen molar-refractivity contribution in [3.8, 4) is 0 Å². The van der Waals surface area contributed by atoms with E-state index in [4.69, 9.17) is 0 Å². The smallest absolute Gasteiger partial charge is 0.105 e. The molecule has 0 amide bonds. The Balaban J connectivity index is 3.53. The summed E-state index contributed by atoms with van der Waals surface area (Å²) in [5, 5.41) is 13.3. The molecule has 0 aromatic heterocycles.